The Bertz CT molecular complexity index is 358. The largest absolute Gasteiger partial charge is 0.493 e. The van der Waals surface area contributed by atoms with Crippen molar-refractivity contribution >= 4 is 15.9 Å². The third-order valence-corrected chi connectivity index (χ3v) is 2.77. The van der Waals surface area contributed by atoms with Crippen LogP contribution in [0.3, 0.4) is 0 Å². The fourth-order valence-corrected chi connectivity index (χ4v) is 2.10. The molecule has 1 rings (SSSR count). The van der Waals surface area contributed by atoms with Crippen molar-refractivity contribution in [2.24, 2.45) is 0 Å². The molecule has 0 atom stereocenters. The number of hydrogen-bond donors (Lipinski definition) is 0. The molecule has 0 saturated carbocycles. The van der Waals surface area contributed by atoms with E-state index >= 15 is 0 Å². The van der Waals surface area contributed by atoms with Gasteiger partial charge in [-0.15, -0.1) is 0 Å². The zero-order valence-corrected chi connectivity index (χ0v) is 10.8. The molecule has 15 heavy (non-hydrogen) atoms. The number of methoxy groups -OCH3 is 2. The first-order valence-electron chi connectivity index (χ1n) is 4.51. The average molecular weight is 277 g/mol. The first-order valence-corrected chi connectivity index (χ1v) is 5.30. The highest BCUT2D eigenvalue weighted by atomic mass is 79.9. The van der Waals surface area contributed by atoms with Crippen LogP contribution in [-0.2, 0) is 5.67 Å². The Hall–Kier alpha value is -0.770. The van der Waals surface area contributed by atoms with Gasteiger partial charge in [0.1, 0.15) is 5.67 Å². The lowest BCUT2D eigenvalue weighted by atomic mass is 10.00. The van der Waals surface area contributed by atoms with Crippen molar-refractivity contribution in [2.75, 3.05) is 14.2 Å². The average Bonchev–Trinajstić information content (AvgIpc) is 2.15. The van der Waals surface area contributed by atoms with Crippen molar-refractivity contribution in [1.29, 1.82) is 0 Å². The summed E-state index contributed by atoms with van der Waals surface area (Å²) >= 11 is 3.31. The molecule has 0 aromatic heterocycles. The molecule has 0 heterocycles. The van der Waals surface area contributed by atoms with Gasteiger partial charge in [0.25, 0.3) is 0 Å². The number of rotatable bonds is 3. The molecule has 0 N–H and O–H groups in total. The van der Waals surface area contributed by atoms with Crippen LogP contribution >= 0.6 is 15.9 Å². The molecule has 0 bridgehead atoms. The van der Waals surface area contributed by atoms with E-state index in [-0.39, 0.29) is 0 Å². The number of ether oxygens (including phenoxy) is 2. The molecule has 0 spiro atoms. The van der Waals surface area contributed by atoms with Gasteiger partial charge in [-0.2, -0.15) is 0 Å². The Morgan fingerprint density at radius 1 is 1.13 bits per heavy atom. The number of hydrogen-bond acceptors (Lipinski definition) is 2. The van der Waals surface area contributed by atoms with Crippen LogP contribution in [0.25, 0.3) is 0 Å². The highest BCUT2D eigenvalue weighted by molar-refractivity contribution is 9.10. The van der Waals surface area contributed by atoms with Crippen LogP contribution in [0.2, 0.25) is 0 Å². The monoisotopic (exact) mass is 276 g/mol. The van der Waals surface area contributed by atoms with Crippen molar-refractivity contribution in [3.8, 4) is 11.5 Å². The molecule has 0 saturated heterocycles. The molecule has 0 aliphatic heterocycles. The van der Waals surface area contributed by atoms with Crippen LogP contribution < -0.4 is 9.47 Å². The maximum Gasteiger partial charge on any atom is 0.161 e. The smallest absolute Gasteiger partial charge is 0.161 e. The topological polar surface area (TPSA) is 18.5 Å². The predicted octanol–water partition coefficient (Wildman–Crippen LogP) is 3.67. The predicted molar refractivity (Wildman–Crippen MR) is 61.4 cm³/mol. The van der Waals surface area contributed by atoms with Gasteiger partial charge >= 0.3 is 0 Å². The van der Waals surface area contributed by atoms with Gasteiger partial charge in [0.15, 0.2) is 11.5 Å². The van der Waals surface area contributed by atoms with E-state index in [1.807, 2.05) is 0 Å². The van der Waals surface area contributed by atoms with Crippen LogP contribution in [-0.4, -0.2) is 14.2 Å². The molecule has 0 aliphatic rings. The van der Waals surface area contributed by atoms with Crippen molar-refractivity contribution < 1.29 is 13.9 Å². The number of benzene rings is 1. The van der Waals surface area contributed by atoms with Crippen molar-refractivity contribution in [2.45, 2.75) is 19.5 Å². The first-order chi connectivity index (χ1) is 6.90. The fourth-order valence-electron chi connectivity index (χ4n) is 1.31. The quantitative estimate of drug-likeness (QED) is 0.839. The molecule has 4 heteroatoms. The maximum absolute atomic E-state index is 13.8. The van der Waals surface area contributed by atoms with Crippen LogP contribution in [0.15, 0.2) is 16.6 Å². The minimum Gasteiger partial charge on any atom is -0.493 e. The van der Waals surface area contributed by atoms with Crippen molar-refractivity contribution in [1.82, 2.24) is 0 Å². The van der Waals surface area contributed by atoms with Crippen LogP contribution in [0.1, 0.15) is 19.4 Å². The summed E-state index contributed by atoms with van der Waals surface area (Å²) in [5, 5.41) is 0. The summed E-state index contributed by atoms with van der Waals surface area (Å²) < 4.78 is 24.7. The lowest BCUT2D eigenvalue weighted by Gasteiger charge is -2.19. The summed E-state index contributed by atoms with van der Waals surface area (Å²) in [6.45, 7) is 3.00. The van der Waals surface area contributed by atoms with Crippen molar-refractivity contribution in [3.05, 3.63) is 22.2 Å². The second kappa shape index (κ2) is 4.39. The SMILES string of the molecule is COc1cc(Br)c(C(C)(C)F)cc1OC. The first kappa shape index (κ1) is 12.3. The van der Waals surface area contributed by atoms with Crippen LogP contribution in [0.4, 0.5) is 4.39 Å². The van der Waals surface area contributed by atoms with Crippen LogP contribution in [0.5, 0.6) is 11.5 Å². The Balaban J connectivity index is 3.32. The molecule has 2 nitrogen and oxygen atoms in total. The Kier molecular flexibility index (Phi) is 3.60. The van der Waals surface area contributed by atoms with Crippen molar-refractivity contribution in [3.63, 3.8) is 0 Å². The second-order valence-corrected chi connectivity index (χ2v) is 4.51. The highest BCUT2D eigenvalue weighted by Gasteiger charge is 2.24. The van der Waals surface area contributed by atoms with E-state index in [0.717, 1.165) is 0 Å². The van der Waals surface area contributed by atoms with E-state index in [0.29, 0.717) is 21.5 Å². The third-order valence-electron chi connectivity index (χ3n) is 2.11. The molecule has 0 radical (unpaired) electrons. The Labute approximate surface area is 97.5 Å². The molecule has 1 aromatic carbocycles. The van der Waals surface area contributed by atoms with E-state index in [1.54, 1.807) is 19.2 Å². The lowest BCUT2D eigenvalue weighted by Crippen LogP contribution is -2.10. The van der Waals surface area contributed by atoms with Gasteiger partial charge in [0, 0.05) is 10.0 Å². The van der Waals surface area contributed by atoms with Gasteiger partial charge in [0.2, 0.25) is 0 Å². The van der Waals surface area contributed by atoms with E-state index in [2.05, 4.69) is 15.9 Å². The molecule has 0 fully saturated rings. The van der Waals surface area contributed by atoms with E-state index in [4.69, 9.17) is 9.47 Å². The lowest BCUT2D eigenvalue weighted by molar-refractivity contribution is 0.219. The van der Waals surface area contributed by atoms with Crippen LogP contribution in [0, 0.1) is 0 Å². The Morgan fingerprint density at radius 2 is 1.60 bits per heavy atom. The van der Waals surface area contributed by atoms with Gasteiger partial charge in [0.05, 0.1) is 14.2 Å². The van der Waals surface area contributed by atoms with E-state index in [9.17, 15) is 4.39 Å². The normalized spacial score (nSPS) is 11.3. The summed E-state index contributed by atoms with van der Waals surface area (Å²) in [7, 11) is 3.07. The summed E-state index contributed by atoms with van der Waals surface area (Å²) in [5.74, 6) is 1.11. The molecule has 0 unspecified atom stereocenters. The summed E-state index contributed by atoms with van der Waals surface area (Å²) in [6, 6.07) is 3.35. The zero-order chi connectivity index (χ0) is 11.6. The van der Waals surface area contributed by atoms with E-state index < -0.39 is 5.67 Å². The molecule has 0 aliphatic carbocycles. The molecule has 0 amide bonds. The Morgan fingerprint density at radius 3 is 2.00 bits per heavy atom. The van der Waals surface area contributed by atoms with Gasteiger partial charge in [-0.3, -0.25) is 0 Å². The summed E-state index contributed by atoms with van der Waals surface area (Å²) in [5.41, 5.74) is -0.876. The summed E-state index contributed by atoms with van der Waals surface area (Å²) in [4.78, 5) is 0. The number of halogens is 2. The molecular formula is C11H14BrFO2. The minimum atomic E-state index is -1.42. The van der Waals surface area contributed by atoms with Gasteiger partial charge in [-0.25, -0.2) is 4.39 Å². The minimum absolute atomic E-state index is 0.529. The molecule has 84 valence electrons. The third kappa shape index (κ3) is 2.62. The molecular weight excluding hydrogens is 263 g/mol. The van der Waals surface area contributed by atoms with Gasteiger partial charge < -0.3 is 9.47 Å². The standard InChI is InChI=1S/C11H14BrFO2/c1-11(2,13)7-5-9(14-3)10(15-4)6-8(7)12/h5-6H,1-4H3. The maximum atomic E-state index is 13.8. The fraction of sp³-hybridized carbons (Fsp3) is 0.455. The number of alkyl halides is 1. The van der Waals surface area contributed by atoms with Gasteiger partial charge in [-0.05, 0) is 26.0 Å². The second-order valence-electron chi connectivity index (χ2n) is 3.66. The highest BCUT2D eigenvalue weighted by Crippen LogP contribution is 2.39. The molecule has 1 aromatic rings. The summed E-state index contributed by atoms with van der Waals surface area (Å²) in [6.07, 6.45) is 0. The van der Waals surface area contributed by atoms with Gasteiger partial charge in [-0.1, -0.05) is 15.9 Å². The zero-order valence-electron chi connectivity index (χ0n) is 9.23. The van der Waals surface area contributed by atoms with E-state index in [1.165, 1.54) is 21.0 Å².